The molecule has 1 aliphatic rings. The van der Waals surface area contributed by atoms with E-state index in [0.29, 0.717) is 6.42 Å². The van der Waals surface area contributed by atoms with E-state index in [1.165, 1.54) is 84.2 Å². The molecule has 1 rings (SSSR count). The van der Waals surface area contributed by atoms with Crippen molar-refractivity contribution in [2.75, 3.05) is 26.9 Å². The average molecular weight is 593 g/mol. The second kappa shape index (κ2) is 23.0. The number of methoxy groups -OCH3 is 1. The quantitative estimate of drug-likeness (QED) is 0.0869. The summed E-state index contributed by atoms with van der Waals surface area (Å²) < 4.78 is 20.2. The number of aliphatic hydroxyl groups excluding tert-OH is 5. The molecular formula is C30H56O11. The molecule has 0 aromatic carbocycles. The van der Waals surface area contributed by atoms with E-state index in [1.54, 1.807) is 0 Å². The fourth-order valence-corrected chi connectivity index (χ4v) is 5.04. The average Bonchev–Trinajstić information content (AvgIpc) is 2.96. The van der Waals surface area contributed by atoms with Gasteiger partial charge in [0.25, 0.3) is 0 Å². The Morgan fingerprint density at radius 2 is 1.15 bits per heavy atom. The van der Waals surface area contributed by atoms with Gasteiger partial charge < -0.3 is 44.5 Å². The van der Waals surface area contributed by atoms with Crippen LogP contribution < -0.4 is 0 Å². The molecule has 0 bridgehead atoms. The molecule has 0 unspecified atom stereocenters. The number of carbonyl (C=O) groups is 2. The minimum absolute atomic E-state index is 0.131. The molecule has 0 spiro atoms. The summed E-state index contributed by atoms with van der Waals surface area (Å²) in [5.41, 5.74) is 0. The molecule has 0 aliphatic heterocycles. The first-order valence-corrected chi connectivity index (χ1v) is 15.6. The Morgan fingerprint density at radius 3 is 1.63 bits per heavy atom. The Labute approximate surface area is 245 Å². The zero-order valence-electron chi connectivity index (χ0n) is 25.2. The van der Waals surface area contributed by atoms with Gasteiger partial charge in [0.05, 0.1) is 12.7 Å². The maximum Gasteiger partial charge on any atom is 0.508 e. The number of hydrogen-bond donors (Lipinski definition) is 5. The van der Waals surface area contributed by atoms with Crippen LogP contribution in [0.15, 0.2) is 0 Å². The van der Waals surface area contributed by atoms with Gasteiger partial charge in [-0.15, -0.1) is 0 Å². The van der Waals surface area contributed by atoms with E-state index < -0.39 is 55.3 Å². The molecule has 41 heavy (non-hydrogen) atoms. The first-order valence-electron chi connectivity index (χ1n) is 15.6. The lowest BCUT2D eigenvalue weighted by Gasteiger charge is -2.42. The van der Waals surface area contributed by atoms with Crippen LogP contribution in [-0.2, 0) is 23.7 Å². The predicted molar refractivity (Wildman–Crippen MR) is 152 cm³/mol. The molecule has 0 aromatic heterocycles. The Kier molecular flexibility index (Phi) is 21.1. The molecule has 5 N–H and O–H groups in total. The third-order valence-corrected chi connectivity index (χ3v) is 7.83. The fraction of sp³-hybridized carbons (Fsp3) is 0.933. The summed E-state index contributed by atoms with van der Waals surface area (Å²) in [4.78, 5) is 24.1. The molecule has 11 heteroatoms. The molecule has 0 radical (unpaired) electrons. The Bertz CT molecular complexity index is 677. The van der Waals surface area contributed by atoms with Gasteiger partial charge in [-0.1, -0.05) is 96.8 Å². The first kappa shape index (κ1) is 37.5. The summed E-state index contributed by atoms with van der Waals surface area (Å²) in [6, 6.07) is 0. The van der Waals surface area contributed by atoms with Crippen molar-refractivity contribution >= 4 is 12.1 Å². The molecule has 0 amide bonds. The molecule has 1 saturated carbocycles. The summed E-state index contributed by atoms with van der Waals surface area (Å²) in [5.74, 6) is -1.58. The van der Waals surface area contributed by atoms with Crippen molar-refractivity contribution in [1.29, 1.82) is 0 Å². The zero-order valence-corrected chi connectivity index (χ0v) is 25.2. The second-order valence-corrected chi connectivity index (χ2v) is 11.2. The molecule has 0 aromatic rings. The third-order valence-electron chi connectivity index (χ3n) is 7.83. The number of esters is 1. The van der Waals surface area contributed by atoms with Crippen molar-refractivity contribution in [2.45, 2.75) is 146 Å². The molecule has 1 aliphatic carbocycles. The van der Waals surface area contributed by atoms with E-state index in [9.17, 15) is 35.1 Å². The van der Waals surface area contributed by atoms with Gasteiger partial charge in [-0.2, -0.15) is 0 Å². The Balaban J connectivity index is 2.09. The highest BCUT2D eigenvalue weighted by atomic mass is 16.7. The van der Waals surface area contributed by atoms with Gasteiger partial charge in [0.1, 0.15) is 37.6 Å². The van der Waals surface area contributed by atoms with Crippen molar-refractivity contribution in [3.8, 4) is 0 Å². The van der Waals surface area contributed by atoms with Crippen LogP contribution in [0, 0.1) is 5.92 Å². The molecule has 0 saturated heterocycles. The van der Waals surface area contributed by atoms with Gasteiger partial charge in [0.15, 0.2) is 6.10 Å². The first-order chi connectivity index (χ1) is 19.8. The molecule has 7 atom stereocenters. The Morgan fingerprint density at radius 1 is 0.659 bits per heavy atom. The van der Waals surface area contributed by atoms with Crippen LogP contribution in [-0.4, -0.2) is 101 Å². The van der Waals surface area contributed by atoms with Crippen molar-refractivity contribution in [3.05, 3.63) is 0 Å². The maximum absolute atomic E-state index is 12.1. The van der Waals surface area contributed by atoms with Crippen LogP contribution in [0.4, 0.5) is 4.79 Å². The summed E-state index contributed by atoms with van der Waals surface area (Å²) in [6.07, 6.45) is 8.61. The van der Waals surface area contributed by atoms with Gasteiger partial charge in [-0.3, -0.25) is 4.79 Å². The van der Waals surface area contributed by atoms with Crippen molar-refractivity contribution < 1.29 is 54.1 Å². The predicted octanol–water partition coefficient (Wildman–Crippen LogP) is 3.39. The number of aliphatic hydroxyl groups is 5. The van der Waals surface area contributed by atoms with E-state index >= 15 is 0 Å². The van der Waals surface area contributed by atoms with Crippen LogP contribution in [0.25, 0.3) is 0 Å². The number of hydrogen-bond acceptors (Lipinski definition) is 11. The molecular weight excluding hydrogens is 536 g/mol. The standard InChI is InChI=1S/C30H56O11/c1-3-4-5-6-7-8-9-10-11-12-13-14-15-16-17-18-24(32)39-20-22(38-2)21-40-30(37)41-29-26(34)23(19-31)25(33)27(35)28(29)36/h22-23,25-29,31,33-36H,3-21H2,1-2H3/t22-,23-,25-,26-,27+,28-,29-/m1/s1. The number of rotatable bonds is 23. The van der Waals surface area contributed by atoms with Gasteiger partial charge in [-0.25, -0.2) is 4.79 Å². The lowest BCUT2D eigenvalue weighted by Crippen LogP contribution is -2.63. The number of unbranched alkanes of at least 4 members (excludes halogenated alkanes) is 14. The van der Waals surface area contributed by atoms with E-state index in [-0.39, 0.29) is 19.2 Å². The topological polar surface area (TPSA) is 172 Å². The lowest BCUT2D eigenvalue weighted by molar-refractivity contribution is -0.214. The highest BCUT2D eigenvalue weighted by molar-refractivity contribution is 5.69. The molecule has 11 nitrogen and oxygen atoms in total. The number of ether oxygens (including phenoxy) is 4. The normalized spacial score (nSPS) is 25.0. The zero-order chi connectivity index (χ0) is 30.5. The van der Waals surface area contributed by atoms with Crippen molar-refractivity contribution in [2.24, 2.45) is 5.92 Å². The van der Waals surface area contributed by atoms with Crippen molar-refractivity contribution in [3.63, 3.8) is 0 Å². The molecule has 1 fully saturated rings. The minimum Gasteiger partial charge on any atom is -0.463 e. The van der Waals surface area contributed by atoms with Gasteiger partial charge in [0, 0.05) is 19.4 Å². The monoisotopic (exact) mass is 592 g/mol. The maximum atomic E-state index is 12.1. The fourth-order valence-electron chi connectivity index (χ4n) is 5.04. The van der Waals surface area contributed by atoms with E-state index in [2.05, 4.69) is 6.92 Å². The summed E-state index contributed by atoms with van der Waals surface area (Å²) in [6.45, 7) is 1.09. The van der Waals surface area contributed by atoms with Gasteiger partial charge in [0.2, 0.25) is 0 Å². The van der Waals surface area contributed by atoms with Crippen LogP contribution in [0.3, 0.4) is 0 Å². The van der Waals surface area contributed by atoms with Crippen LogP contribution in [0.1, 0.15) is 110 Å². The van der Waals surface area contributed by atoms with Crippen LogP contribution in [0.2, 0.25) is 0 Å². The van der Waals surface area contributed by atoms with E-state index in [1.807, 2.05) is 0 Å². The minimum atomic E-state index is -1.78. The summed E-state index contributed by atoms with van der Waals surface area (Å²) in [7, 11) is 1.36. The van der Waals surface area contributed by atoms with Crippen LogP contribution in [0.5, 0.6) is 0 Å². The van der Waals surface area contributed by atoms with Crippen LogP contribution >= 0.6 is 0 Å². The van der Waals surface area contributed by atoms with Gasteiger partial charge >= 0.3 is 12.1 Å². The summed E-state index contributed by atoms with van der Waals surface area (Å²) >= 11 is 0. The number of carbonyl (C=O) groups excluding carboxylic acids is 2. The van der Waals surface area contributed by atoms with Gasteiger partial charge in [-0.05, 0) is 6.42 Å². The highest BCUT2D eigenvalue weighted by Crippen LogP contribution is 2.28. The van der Waals surface area contributed by atoms with Crippen molar-refractivity contribution in [1.82, 2.24) is 0 Å². The third kappa shape index (κ3) is 15.5. The van der Waals surface area contributed by atoms with E-state index in [0.717, 1.165) is 19.3 Å². The smallest absolute Gasteiger partial charge is 0.463 e. The second-order valence-electron chi connectivity index (χ2n) is 11.2. The SMILES string of the molecule is CCCCCCCCCCCCCCCCCC(=O)OC[C@H](COC(=O)O[C@H]1[C@H](O)[C@@H](O)[C@H](O)[C@@H](CO)[C@H]1O)OC. The lowest BCUT2D eigenvalue weighted by atomic mass is 9.79. The highest BCUT2D eigenvalue weighted by Gasteiger charge is 2.50. The largest absolute Gasteiger partial charge is 0.508 e. The molecule has 242 valence electrons. The Hall–Kier alpha value is -1.50. The van der Waals surface area contributed by atoms with E-state index in [4.69, 9.17) is 18.9 Å². The summed E-state index contributed by atoms with van der Waals surface area (Å²) in [5, 5.41) is 49.3. The molecule has 0 heterocycles.